The molecule has 0 aromatic heterocycles. The Kier molecular flexibility index (Phi) is 2.80. The molecule has 0 bridgehead atoms. The zero-order valence-corrected chi connectivity index (χ0v) is 10.1. The molecule has 3 nitrogen and oxygen atoms in total. The number of nitrogens with two attached hydrogens (primary N) is 1. The molecular formula is C11H13BrN2O. The predicted molar refractivity (Wildman–Crippen MR) is 63.7 cm³/mol. The van der Waals surface area contributed by atoms with Crippen LogP contribution in [0.15, 0.2) is 16.6 Å². The molecular weight excluding hydrogens is 256 g/mol. The van der Waals surface area contributed by atoms with Crippen molar-refractivity contribution >= 4 is 27.5 Å². The number of fused-ring (bicyclic) bond motifs is 1. The fourth-order valence-electron chi connectivity index (χ4n) is 2.03. The number of nitrogens with one attached hydrogen (secondary N) is 1. The summed E-state index contributed by atoms with van der Waals surface area (Å²) < 4.78 is 0.983. The standard InChI is InChI=1S/C11H13BrN2O/c1-2-8-9-4-7(12)3-6(5-13)10(9)14-11(8)15/h3-4,8H,2,5,13H2,1H3,(H,14,15). The molecule has 0 saturated heterocycles. The Morgan fingerprint density at radius 3 is 2.87 bits per heavy atom. The highest BCUT2D eigenvalue weighted by Crippen LogP contribution is 2.38. The lowest BCUT2D eigenvalue weighted by atomic mass is 9.96. The van der Waals surface area contributed by atoms with E-state index in [1.54, 1.807) is 0 Å². The molecule has 1 aromatic rings. The zero-order chi connectivity index (χ0) is 11.0. The van der Waals surface area contributed by atoms with Crippen LogP contribution in [0.3, 0.4) is 0 Å². The fourth-order valence-corrected chi connectivity index (χ4v) is 2.55. The van der Waals surface area contributed by atoms with Gasteiger partial charge >= 0.3 is 0 Å². The van der Waals surface area contributed by atoms with Gasteiger partial charge in [-0.3, -0.25) is 4.79 Å². The lowest BCUT2D eigenvalue weighted by molar-refractivity contribution is -0.117. The Bertz CT molecular complexity index is 417. The average molecular weight is 269 g/mol. The van der Waals surface area contributed by atoms with E-state index in [1.807, 2.05) is 19.1 Å². The molecule has 1 atom stereocenters. The van der Waals surface area contributed by atoms with Crippen molar-refractivity contribution in [3.05, 3.63) is 27.7 Å². The first-order valence-corrected chi connectivity index (χ1v) is 5.80. The number of carbonyl (C=O) groups excluding carboxylic acids is 1. The molecule has 0 saturated carbocycles. The number of anilines is 1. The Balaban J connectivity index is 2.57. The van der Waals surface area contributed by atoms with Crippen LogP contribution in [0.1, 0.15) is 30.4 Å². The highest BCUT2D eigenvalue weighted by molar-refractivity contribution is 9.10. The minimum Gasteiger partial charge on any atom is -0.326 e. The highest BCUT2D eigenvalue weighted by atomic mass is 79.9. The lowest BCUT2D eigenvalue weighted by Gasteiger charge is -2.08. The van der Waals surface area contributed by atoms with Crippen LogP contribution in [-0.2, 0) is 11.3 Å². The normalized spacial score (nSPS) is 18.9. The quantitative estimate of drug-likeness (QED) is 0.865. The van der Waals surface area contributed by atoms with Gasteiger partial charge in [-0.2, -0.15) is 0 Å². The van der Waals surface area contributed by atoms with Crippen molar-refractivity contribution in [2.45, 2.75) is 25.8 Å². The third kappa shape index (κ3) is 1.68. The number of hydrogen-bond donors (Lipinski definition) is 2. The number of amides is 1. The third-order valence-electron chi connectivity index (χ3n) is 2.78. The first-order valence-electron chi connectivity index (χ1n) is 5.00. The van der Waals surface area contributed by atoms with E-state index in [-0.39, 0.29) is 11.8 Å². The molecule has 1 aromatic carbocycles. The van der Waals surface area contributed by atoms with E-state index >= 15 is 0 Å². The molecule has 1 unspecified atom stereocenters. The maximum atomic E-state index is 11.7. The Morgan fingerprint density at radius 1 is 1.53 bits per heavy atom. The van der Waals surface area contributed by atoms with Crippen LogP contribution < -0.4 is 11.1 Å². The van der Waals surface area contributed by atoms with Crippen LogP contribution in [0, 0.1) is 0 Å². The molecule has 0 spiro atoms. The van der Waals surface area contributed by atoms with Crippen LogP contribution in [0.25, 0.3) is 0 Å². The van der Waals surface area contributed by atoms with Gasteiger partial charge in [0.25, 0.3) is 0 Å². The van der Waals surface area contributed by atoms with E-state index in [9.17, 15) is 4.79 Å². The van der Waals surface area contributed by atoms with Gasteiger partial charge in [0, 0.05) is 16.7 Å². The van der Waals surface area contributed by atoms with E-state index in [2.05, 4.69) is 21.2 Å². The summed E-state index contributed by atoms with van der Waals surface area (Å²) in [4.78, 5) is 11.7. The number of rotatable bonds is 2. The molecule has 1 aliphatic rings. The topological polar surface area (TPSA) is 55.1 Å². The maximum absolute atomic E-state index is 11.7. The SMILES string of the molecule is CCC1C(=O)Nc2c(CN)cc(Br)cc21. The van der Waals surface area contributed by atoms with Crippen LogP contribution in [0.4, 0.5) is 5.69 Å². The molecule has 2 rings (SSSR count). The molecule has 4 heteroatoms. The van der Waals surface area contributed by atoms with Gasteiger partial charge in [-0.05, 0) is 29.7 Å². The summed E-state index contributed by atoms with van der Waals surface area (Å²) in [7, 11) is 0. The van der Waals surface area contributed by atoms with Gasteiger partial charge < -0.3 is 11.1 Å². The van der Waals surface area contributed by atoms with Gasteiger partial charge in [-0.1, -0.05) is 22.9 Å². The largest absolute Gasteiger partial charge is 0.326 e. The van der Waals surface area contributed by atoms with Crippen molar-refractivity contribution in [1.82, 2.24) is 0 Å². The Morgan fingerprint density at radius 2 is 2.27 bits per heavy atom. The molecule has 1 aliphatic heterocycles. The fraction of sp³-hybridized carbons (Fsp3) is 0.364. The van der Waals surface area contributed by atoms with Gasteiger partial charge in [0.2, 0.25) is 5.91 Å². The number of benzene rings is 1. The first kappa shape index (κ1) is 10.6. The van der Waals surface area contributed by atoms with Crippen molar-refractivity contribution in [2.24, 2.45) is 5.73 Å². The average Bonchev–Trinajstić information content (AvgIpc) is 2.52. The number of halogens is 1. The Labute approximate surface area is 97.2 Å². The second kappa shape index (κ2) is 3.94. The van der Waals surface area contributed by atoms with E-state index in [4.69, 9.17) is 5.73 Å². The first-order chi connectivity index (χ1) is 7.17. The summed E-state index contributed by atoms with van der Waals surface area (Å²) in [5.74, 6) is 0.0584. The number of carbonyl (C=O) groups is 1. The number of hydrogen-bond acceptors (Lipinski definition) is 2. The van der Waals surface area contributed by atoms with Crippen LogP contribution in [-0.4, -0.2) is 5.91 Å². The second-order valence-electron chi connectivity index (χ2n) is 3.68. The summed E-state index contributed by atoms with van der Waals surface area (Å²) in [6.45, 7) is 2.46. The van der Waals surface area contributed by atoms with E-state index in [0.717, 1.165) is 27.7 Å². The zero-order valence-electron chi connectivity index (χ0n) is 8.51. The lowest BCUT2D eigenvalue weighted by Crippen LogP contribution is -2.11. The predicted octanol–water partition coefficient (Wildman–Crippen LogP) is 2.35. The monoisotopic (exact) mass is 268 g/mol. The molecule has 1 amide bonds. The molecule has 0 aliphatic carbocycles. The van der Waals surface area contributed by atoms with Crippen molar-refractivity contribution < 1.29 is 4.79 Å². The van der Waals surface area contributed by atoms with Crippen LogP contribution >= 0.6 is 15.9 Å². The Hall–Kier alpha value is -0.870. The summed E-state index contributed by atoms with van der Waals surface area (Å²) >= 11 is 3.44. The van der Waals surface area contributed by atoms with Gasteiger partial charge in [-0.15, -0.1) is 0 Å². The third-order valence-corrected chi connectivity index (χ3v) is 3.24. The van der Waals surface area contributed by atoms with Crippen molar-refractivity contribution in [3.8, 4) is 0 Å². The van der Waals surface area contributed by atoms with E-state index in [1.165, 1.54) is 0 Å². The molecule has 1 heterocycles. The molecule has 3 N–H and O–H groups in total. The van der Waals surface area contributed by atoms with Gasteiger partial charge in [0.05, 0.1) is 5.92 Å². The summed E-state index contributed by atoms with van der Waals surface area (Å²) in [5, 5.41) is 2.91. The second-order valence-corrected chi connectivity index (χ2v) is 4.60. The highest BCUT2D eigenvalue weighted by Gasteiger charge is 2.30. The molecule has 0 radical (unpaired) electrons. The minimum atomic E-state index is -0.0252. The molecule has 80 valence electrons. The van der Waals surface area contributed by atoms with Crippen molar-refractivity contribution in [3.63, 3.8) is 0 Å². The summed E-state index contributed by atoms with van der Waals surface area (Å²) in [5.41, 5.74) is 8.62. The van der Waals surface area contributed by atoms with E-state index < -0.39 is 0 Å². The van der Waals surface area contributed by atoms with Gasteiger partial charge in [0.15, 0.2) is 0 Å². The van der Waals surface area contributed by atoms with Gasteiger partial charge in [0.1, 0.15) is 0 Å². The van der Waals surface area contributed by atoms with Crippen LogP contribution in [0.2, 0.25) is 0 Å². The van der Waals surface area contributed by atoms with Crippen molar-refractivity contribution in [2.75, 3.05) is 5.32 Å². The summed E-state index contributed by atoms with van der Waals surface area (Å²) in [6.07, 6.45) is 0.819. The van der Waals surface area contributed by atoms with E-state index in [0.29, 0.717) is 6.54 Å². The smallest absolute Gasteiger partial charge is 0.232 e. The molecule has 0 fully saturated rings. The van der Waals surface area contributed by atoms with Crippen LogP contribution in [0.5, 0.6) is 0 Å². The van der Waals surface area contributed by atoms with Gasteiger partial charge in [-0.25, -0.2) is 0 Å². The molecule has 15 heavy (non-hydrogen) atoms. The van der Waals surface area contributed by atoms with Crippen molar-refractivity contribution in [1.29, 1.82) is 0 Å². The summed E-state index contributed by atoms with van der Waals surface area (Å²) in [6, 6.07) is 3.96. The minimum absolute atomic E-state index is 0.0252. The maximum Gasteiger partial charge on any atom is 0.232 e.